The van der Waals surface area contributed by atoms with Gasteiger partial charge in [-0.05, 0) is 54.1 Å². The molecule has 0 saturated carbocycles. The summed E-state index contributed by atoms with van der Waals surface area (Å²) < 4.78 is 0. The molecule has 0 aliphatic carbocycles. The molecule has 1 aliphatic heterocycles. The van der Waals surface area contributed by atoms with Crippen LogP contribution in [0.1, 0.15) is 29.3 Å². The van der Waals surface area contributed by atoms with Crippen molar-refractivity contribution in [2.45, 2.75) is 18.9 Å². The first-order valence-corrected chi connectivity index (χ1v) is 10.5. The Morgan fingerprint density at radius 3 is 2.61 bits per heavy atom. The topological polar surface area (TPSA) is 57.3 Å². The van der Waals surface area contributed by atoms with Crippen LogP contribution < -0.4 is 15.5 Å². The molecule has 5 nitrogen and oxygen atoms in total. The van der Waals surface area contributed by atoms with Gasteiger partial charge in [-0.2, -0.15) is 0 Å². The lowest BCUT2D eigenvalue weighted by Gasteiger charge is -2.22. The smallest absolute Gasteiger partial charge is 0.320 e. The van der Waals surface area contributed by atoms with Crippen LogP contribution >= 0.6 is 22.9 Å². The Balaban J connectivity index is 1.53. The molecule has 0 radical (unpaired) electrons. The van der Waals surface area contributed by atoms with Gasteiger partial charge in [-0.25, -0.2) is 9.78 Å². The second kappa shape index (κ2) is 8.63. The molecule has 1 unspecified atom stereocenters. The summed E-state index contributed by atoms with van der Waals surface area (Å²) in [6, 6.07) is 14.8. The van der Waals surface area contributed by atoms with E-state index in [-0.39, 0.29) is 12.1 Å². The van der Waals surface area contributed by atoms with E-state index in [0.717, 1.165) is 47.9 Å². The minimum absolute atomic E-state index is 0.246. The van der Waals surface area contributed by atoms with E-state index >= 15 is 0 Å². The number of nitrogens with one attached hydrogen (secondary N) is 2. The Morgan fingerprint density at radius 2 is 1.89 bits per heavy atom. The lowest BCUT2D eigenvalue weighted by atomic mass is 10.1. The lowest BCUT2D eigenvalue weighted by molar-refractivity contribution is 0.250. The van der Waals surface area contributed by atoms with Crippen LogP contribution in [-0.2, 0) is 0 Å². The molecule has 1 aliphatic rings. The second-order valence-corrected chi connectivity index (χ2v) is 8.08. The molecule has 1 aromatic carbocycles. The molecule has 1 atom stereocenters. The van der Waals surface area contributed by atoms with Crippen molar-refractivity contribution in [3.8, 4) is 0 Å². The Labute approximate surface area is 173 Å². The Morgan fingerprint density at radius 1 is 1.11 bits per heavy atom. The van der Waals surface area contributed by atoms with Gasteiger partial charge in [0, 0.05) is 29.2 Å². The Bertz CT molecular complexity index is 924. The summed E-state index contributed by atoms with van der Waals surface area (Å²) in [6.07, 6.45) is 4.07. The summed E-state index contributed by atoms with van der Waals surface area (Å²) >= 11 is 7.63. The lowest BCUT2D eigenvalue weighted by Crippen LogP contribution is -2.33. The predicted octanol–water partition coefficient (Wildman–Crippen LogP) is 5.31. The van der Waals surface area contributed by atoms with E-state index in [1.54, 1.807) is 17.5 Å². The largest absolute Gasteiger partial charge is 0.355 e. The number of halogens is 1. The molecule has 3 heterocycles. The first-order valence-electron chi connectivity index (χ1n) is 9.27. The van der Waals surface area contributed by atoms with Gasteiger partial charge in [-0.3, -0.25) is 0 Å². The number of nitrogens with zero attached hydrogens (tertiary/aromatic N) is 2. The van der Waals surface area contributed by atoms with Crippen molar-refractivity contribution in [3.05, 3.63) is 75.6 Å². The van der Waals surface area contributed by atoms with E-state index in [2.05, 4.69) is 20.5 Å². The van der Waals surface area contributed by atoms with E-state index in [4.69, 9.17) is 11.6 Å². The van der Waals surface area contributed by atoms with Crippen LogP contribution in [0.25, 0.3) is 0 Å². The monoisotopic (exact) mass is 412 g/mol. The summed E-state index contributed by atoms with van der Waals surface area (Å²) in [5.41, 5.74) is 1.70. The molecular weight excluding hydrogens is 392 g/mol. The summed E-state index contributed by atoms with van der Waals surface area (Å²) in [6.45, 7) is 1.94. The van der Waals surface area contributed by atoms with Crippen LogP contribution in [0.15, 0.2) is 60.1 Å². The maximum Gasteiger partial charge on any atom is 0.320 e. The zero-order valence-electron chi connectivity index (χ0n) is 15.3. The minimum Gasteiger partial charge on any atom is -0.355 e. The van der Waals surface area contributed by atoms with Crippen molar-refractivity contribution < 1.29 is 4.79 Å². The van der Waals surface area contributed by atoms with E-state index in [1.807, 2.05) is 53.9 Å². The molecule has 2 N–H and O–H groups in total. The van der Waals surface area contributed by atoms with Crippen LogP contribution in [0.2, 0.25) is 5.02 Å². The Kier molecular flexibility index (Phi) is 5.78. The number of amides is 2. The second-order valence-electron chi connectivity index (χ2n) is 6.67. The number of carbonyl (C=O) groups is 1. The zero-order valence-corrected chi connectivity index (χ0v) is 16.8. The molecule has 0 spiro atoms. The third kappa shape index (κ3) is 4.29. The van der Waals surface area contributed by atoms with Gasteiger partial charge >= 0.3 is 6.03 Å². The fourth-order valence-corrected chi connectivity index (χ4v) is 4.32. The van der Waals surface area contributed by atoms with Gasteiger partial charge < -0.3 is 15.5 Å². The first-order chi connectivity index (χ1) is 13.7. The Hall–Kier alpha value is -2.57. The highest BCUT2D eigenvalue weighted by atomic mass is 35.5. The summed E-state index contributed by atoms with van der Waals surface area (Å²) in [5, 5.41) is 8.75. The fourth-order valence-electron chi connectivity index (χ4n) is 3.39. The van der Waals surface area contributed by atoms with Gasteiger partial charge in [-0.15, -0.1) is 11.3 Å². The highest BCUT2D eigenvalue weighted by molar-refractivity contribution is 7.10. The highest BCUT2D eigenvalue weighted by Crippen LogP contribution is 2.29. The predicted molar refractivity (Wildman–Crippen MR) is 115 cm³/mol. The van der Waals surface area contributed by atoms with Crippen molar-refractivity contribution in [1.29, 1.82) is 0 Å². The number of rotatable bonds is 5. The number of aromatic nitrogens is 1. The maximum absolute atomic E-state index is 12.8. The molecule has 0 bridgehead atoms. The van der Waals surface area contributed by atoms with E-state index in [0.29, 0.717) is 5.02 Å². The molecule has 144 valence electrons. The molecule has 7 heteroatoms. The highest BCUT2D eigenvalue weighted by Gasteiger charge is 2.21. The van der Waals surface area contributed by atoms with Crippen LogP contribution in [0, 0.1) is 0 Å². The molecule has 28 heavy (non-hydrogen) atoms. The first kappa shape index (κ1) is 18.8. The number of carbonyl (C=O) groups excluding carboxylic acids is 1. The van der Waals surface area contributed by atoms with E-state index in [1.165, 1.54) is 0 Å². The number of anilines is 2. The molecule has 3 aromatic rings. The third-order valence-corrected chi connectivity index (χ3v) is 5.94. The third-order valence-electron chi connectivity index (χ3n) is 4.75. The minimum atomic E-state index is -0.262. The van der Waals surface area contributed by atoms with Gasteiger partial charge in [0.25, 0.3) is 0 Å². The van der Waals surface area contributed by atoms with Crippen LogP contribution in [-0.4, -0.2) is 24.1 Å². The summed E-state index contributed by atoms with van der Waals surface area (Å²) in [5.74, 6) is 0.828. The normalized spacial score (nSPS) is 14.7. The van der Waals surface area contributed by atoms with Crippen molar-refractivity contribution in [2.75, 3.05) is 23.3 Å². The molecule has 1 fully saturated rings. The standard InChI is InChI=1S/C21H21ClN4OS/c22-16-9-7-15(8-10-16)19(18-6-4-14-28-18)25-21(27)24-17-5-3-11-23-20(17)26-12-1-2-13-26/h3-11,14,19H,1-2,12-13H2,(H2,24,25,27). The van der Waals surface area contributed by atoms with E-state index < -0.39 is 0 Å². The molecule has 1 saturated heterocycles. The number of hydrogen-bond acceptors (Lipinski definition) is 4. The molecule has 4 rings (SSSR count). The average molecular weight is 413 g/mol. The number of thiophene rings is 1. The molecule has 2 aromatic heterocycles. The van der Waals surface area contributed by atoms with Crippen LogP contribution in [0.4, 0.5) is 16.3 Å². The number of pyridine rings is 1. The van der Waals surface area contributed by atoms with Crippen molar-refractivity contribution in [2.24, 2.45) is 0 Å². The molecule has 2 amide bonds. The summed E-state index contributed by atoms with van der Waals surface area (Å²) in [7, 11) is 0. The van der Waals surface area contributed by atoms with Crippen molar-refractivity contribution in [3.63, 3.8) is 0 Å². The fraction of sp³-hybridized carbons (Fsp3) is 0.238. The molecular formula is C21H21ClN4OS. The van der Waals surface area contributed by atoms with E-state index in [9.17, 15) is 4.79 Å². The van der Waals surface area contributed by atoms with Gasteiger partial charge in [0.05, 0.1) is 11.7 Å². The number of benzene rings is 1. The number of hydrogen-bond donors (Lipinski definition) is 2. The quantitative estimate of drug-likeness (QED) is 0.597. The SMILES string of the molecule is O=C(Nc1cccnc1N1CCCC1)NC(c1ccc(Cl)cc1)c1cccs1. The van der Waals surface area contributed by atoms with Crippen molar-refractivity contribution >= 4 is 40.5 Å². The van der Waals surface area contributed by atoms with Gasteiger partial charge in [0.1, 0.15) is 0 Å². The number of urea groups is 1. The summed E-state index contributed by atoms with van der Waals surface area (Å²) in [4.78, 5) is 20.6. The maximum atomic E-state index is 12.8. The van der Waals surface area contributed by atoms with Crippen molar-refractivity contribution in [1.82, 2.24) is 10.3 Å². The van der Waals surface area contributed by atoms with Gasteiger partial charge in [0.2, 0.25) is 0 Å². The average Bonchev–Trinajstić information content (AvgIpc) is 3.42. The zero-order chi connectivity index (χ0) is 19.3. The van der Waals surface area contributed by atoms with Crippen LogP contribution in [0.5, 0.6) is 0 Å². The van der Waals surface area contributed by atoms with Gasteiger partial charge in [0.15, 0.2) is 5.82 Å². The van der Waals surface area contributed by atoms with Gasteiger partial charge in [-0.1, -0.05) is 29.8 Å². The van der Waals surface area contributed by atoms with Crippen LogP contribution in [0.3, 0.4) is 0 Å².